The third-order valence-electron chi connectivity index (χ3n) is 12.8. The van der Waals surface area contributed by atoms with E-state index in [4.69, 9.17) is 24.2 Å². The van der Waals surface area contributed by atoms with Crippen molar-refractivity contribution < 1.29 is 32.5 Å². The van der Waals surface area contributed by atoms with E-state index in [9.17, 15) is 5.11 Å². The van der Waals surface area contributed by atoms with E-state index in [0.29, 0.717) is 48.4 Å². The van der Waals surface area contributed by atoms with Gasteiger partial charge < -0.3 is 29.5 Å². The van der Waals surface area contributed by atoms with E-state index in [2.05, 4.69) is 20.0 Å². The molecule has 13 heteroatoms. The lowest BCUT2D eigenvalue weighted by atomic mass is 9.90. The molecule has 0 spiro atoms. The standard InChI is InChI=1S/C40H45F3N6O4/c1-2-23-4-3-5-24-12-27(50)13-28(31(23)24)32-34(42)36-33-37(35(32)43)52-20-30-29-7-6-26(44-29)19-49(30)38(33)46-39(45-36)53-21-40-14-22(16-47-8-10-51-11-9-47)17-48(40)18-25(41)15-40/h3-5,12-13,22,25-26,29-30,44,50H,2,6-11,14-21H2,1H3/t22-,25-,26?,29?,30-,40+/m1/s1. The molecule has 0 aliphatic carbocycles. The summed E-state index contributed by atoms with van der Waals surface area (Å²) in [6.07, 6.45) is 2.72. The number of morpholine rings is 1. The quantitative estimate of drug-likeness (QED) is 0.264. The molecule has 10 rings (SSSR count). The first-order valence-electron chi connectivity index (χ1n) is 19.2. The van der Waals surface area contributed by atoms with Crippen molar-refractivity contribution in [3.8, 4) is 28.6 Å². The van der Waals surface area contributed by atoms with Crippen molar-refractivity contribution in [2.24, 2.45) is 5.92 Å². The molecule has 2 unspecified atom stereocenters. The normalized spacial score (nSPS) is 29.7. The predicted octanol–water partition coefficient (Wildman–Crippen LogP) is 5.21. The fourth-order valence-corrected chi connectivity index (χ4v) is 10.5. The van der Waals surface area contributed by atoms with Crippen molar-refractivity contribution in [2.75, 3.05) is 70.6 Å². The molecule has 6 atom stereocenters. The maximum atomic E-state index is 17.4. The highest BCUT2D eigenvalue weighted by Crippen LogP contribution is 2.49. The Morgan fingerprint density at radius 2 is 1.91 bits per heavy atom. The number of phenols is 1. The minimum Gasteiger partial charge on any atom is -0.508 e. The number of fused-ring (bicyclic) bond motifs is 7. The summed E-state index contributed by atoms with van der Waals surface area (Å²) < 4.78 is 68.0. The summed E-state index contributed by atoms with van der Waals surface area (Å²) in [5, 5.41) is 16.0. The number of aromatic nitrogens is 2. The van der Waals surface area contributed by atoms with Crippen molar-refractivity contribution >= 4 is 27.5 Å². The summed E-state index contributed by atoms with van der Waals surface area (Å²) in [7, 11) is 0. The van der Waals surface area contributed by atoms with Gasteiger partial charge in [-0.15, -0.1) is 0 Å². The highest BCUT2D eigenvalue weighted by molar-refractivity contribution is 6.05. The molecule has 3 aromatic carbocycles. The van der Waals surface area contributed by atoms with Crippen LogP contribution in [0, 0.1) is 17.6 Å². The van der Waals surface area contributed by atoms with Gasteiger partial charge in [-0.1, -0.05) is 25.1 Å². The lowest BCUT2D eigenvalue weighted by Crippen LogP contribution is -2.60. The van der Waals surface area contributed by atoms with Gasteiger partial charge in [0.25, 0.3) is 0 Å². The molecule has 7 heterocycles. The Kier molecular flexibility index (Phi) is 8.16. The third-order valence-corrected chi connectivity index (χ3v) is 12.8. The summed E-state index contributed by atoms with van der Waals surface area (Å²) in [6.45, 7) is 8.23. The van der Waals surface area contributed by atoms with Gasteiger partial charge in [0.05, 0.1) is 35.7 Å². The van der Waals surface area contributed by atoms with Crippen LogP contribution in [-0.2, 0) is 11.2 Å². The molecular formula is C40H45F3N6O4. The number of phenolic OH excluding ortho intramolecular Hbond substituents is 1. The van der Waals surface area contributed by atoms with Crippen molar-refractivity contribution in [1.29, 1.82) is 0 Å². The highest BCUT2D eigenvalue weighted by Gasteiger charge is 2.53. The average molecular weight is 731 g/mol. The maximum Gasteiger partial charge on any atom is 0.319 e. The minimum absolute atomic E-state index is 0.0234. The molecule has 1 aromatic heterocycles. The number of rotatable bonds is 7. The summed E-state index contributed by atoms with van der Waals surface area (Å²) >= 11 is 0. The Morgan fingerprint density at radius 1 is 1.04 bits per heavy atom. The van der Waals surface area contributed by atoms with Gasteiger partial charge in [-0.25, -0.2) is 13.2 Å². The molecule has 2 bridgehead atoms. The Balaban J connectivity index is 1.09. The summed E-state index contributed by atoms with van der Waals surface area (Å²) in [5.74, 6) is -1.18. The molecule has 0 saturated carbocycles. The average Bonchev–Trinajstić information content (AvgIpc) is 3.75. The SMILES string of the molecule is CCc1cccc2cc(O)cc(-c3c(F)c4c5c(nc(OC[C@]67C[C@@H](F)CN6C[C@@H](CN6CCOCC6)C7)nc5c3F)N3CC5CCC(N5)[C@H]3CO4)c12. The first-order chi connectivity index (χ1) is 25.8. The van der Waals surface area contributed by atoms with Crippen LogP contribution in [0.5, 0.6) is 17.5 Å². The third kappa shape index (κ3) is 5.52. The number of anilines is 1. The second kappa shape index (κ2) is 12.9. The number of hydrogen-bond acceptors (Lipinski definition) is 10. The largest absolute Gasteiger partial charge is 0.508 e. The van der Waals surface area contributed by atoms with E-state index in [1.54, 1.807) is 6.07 Å². The summed E-state index contributed by atoms with van der Waals surface area (Å²) in [6, 6.07) is 8.77. The van der Waals surface area contributed by atoms with Gasteiger partial charge in [-0.2, -0.15) is 9.97 Å². The molecule has 5 fully saturated rings. The van der Waals surface area contributed by atoms with Crippen LogP contribution in [0.2, 0.25) is 0 Å². The number of nitrogens with one attached hydrogen (secondary N) is 1. The van der Waals surface area contributed by atoms with Crippen LogP contribution in [-0.4, -0.2) is 120 Å². The summed E-state index contributed by atoms with van der Waals surface area (Å²) in [4.78, 5) is 16.4. The zero-order chi connectivity index (χ0) is 36.0. The van der Waals surface area contributed by atoms with Crippen LogP contribution in [0.25, 0.3) is 32.8 Å². The molecule has 4 aromatic rings. The van der Waals surface area contributed by atoms with Crippen LogP contribution in [0.4, 0.5) is 19.0 Å². The number of nitrogens with zero attached hydrogens (tertiary/aromatic N) is 5. The van der Waals surface area contributed by atoms with Crippen LogP contribution in [0.3, 0.4) is 0 Å². The molecular weight excluding hydrogens is 685 g/mol. The predicted molar refractivity (Wildman–Crippen MR) is 195 cm³/mol. The Labute approximate surface area is 306 Å². The molecule has 0 radical (unpaired) electrons. The van der Waals surface area contributed by atoms with Crippen molar-refractivity contribution in [2.45, 2.75) is 68.9 Å². The minimum atomic E-state index is -0.963. The molecule has 10 nitrogen and oxygen atoms in total. The van der Waals surface area contributed by atoms with Crippen molar-refractivity contribution in [1.82, 2.24) is 25.1 Å². The molecule has 0 amide bonds. The highest BCUT2D eigenvalue weighted by atomic mass is 19.1. The van der Waals surface area contributed by atoms with Gasteiger partial charge in [-0.05, 0) is 65.6 Å². The first kappa shape index (κ1) is 33.6. The van der Waals surface area contributed by atoms with Gasteiger partial charge in [-0.3, -0.25) is 9.80 Å². The molecule has 6 aliphatic heterocycles. The van der Waals surface area contributed by atoms with E-state index in [1.807, 2.05) is 25.1 Å². The Morgan fingerprint density at radius 3 is 2.75 bits per heavy atom. The second-order valence-corrected chi connectivity index (χ2v) is 16.0. The van der Waals surface area contributed by atoms with Gasteiger partial charge in [0.1, 0.15) is 36.5 Å². The van der Waals surface area contributed by atoms with Crippen molar-refractivity contribution in [3.63, 3.8) is 0 Å². The molecule has 280 valence electrons. The smallest absolute Gasteiger partial charge is 0.319 e. The number of piperazine rings is 1. The Bertz CT molecular complexity index is 2100. The molecule has 6 aliphatic rings. The summed E-state index contributed by atoms with van der Waals surface area (Å²) in [5.41, 5.74) is 0.175. The van der Waals surface area contributed by atoms with Crippen molar-refractivity contribution in [3.05, 3.63) is 47.5 Å². The monoisotopic (exact) mass is 730 g/mol. The van der Waals surface area contributed by atoms with Crippen LogP contribution in [0.15, 0.2) is 30.3 Å². The number of hydrogen-bond donors (Lipinski definition) is 2. The van der Waals surface area contributed by atoms with Crippen LogP contribution in [0.1, 0.15) is 38.2 Å². The van der Waals surface area contributed by atoms with E-state index >= 15 is 13.2 Å². The van der Waals surface area contributed by atoms with Crippen LogP contribution >= 0.6 is 0 Å². The molecule has 2 N–H and O–H groups in total. The maximum absolute atomic E-state index is 17.4. The second-order valence-electron chi connectivity index (χ2n) is 16.0. The number of benzene rings is 3. The number of aryl methyl sites for hydroxylation is 1. The number of alkyl halides is 1. The van der Waals surface area contributed by atoms with Gasteiger partial charge >= 0.3 is 6.01 Å². The first-order valence-corrected chi connectivity index (χ1v) is 19.2. The van der Waals surface area contributed by atoms with E-state index < -0.39 is 23.3 Å². The van der Waals surface area contributed by atoms with E-state index in [0.717, 1.165) is 64.2 Å². The number of halogens is 3. The fraction of sp³-hybridized carbons (Fsp3) is 0.550. The van der Waals surface area contributed by atoms with Gasteiger partial charge in [0.15, 0.2) is 17.4 Å². The zero-order valence-corrected chi connectivity index (χ0v) is 29.9. The molecule has 53 heavy (non-hydrogen) atoms. The number of ether oxygens (including phenoxy) is 3. The van der Waals surface area contributed by atoms with E-state index in [1.165, 1.54) is 6.07 Å². The molecule has 5 saturated heterocycles. The lowest BCUT2D eigenvalue weighted by Gasteiger charge is -2.40. The van der Waals surface area contributed by atoms with Gasteiger partial charge in [0.2, 0.25) is 0 Å². The number of aromatic hydroxyl groups is 1. The topological polar surface area (TPSA) is 95.5 Å². The van der Waals surface area contributed by atoms with Crippen LogP contribution < -0.4 is 19.7 Å². The Hall–Kier alpha value is -3.91. The lowest BCUT2D eigenvalue weighted by molar-refractivity contribution is 0.0308. The van der Waals surface area contributed by atoms with Gasteiger partial charge in [0, 0.05) is 57.8 Å². The zero-order valence-electron chi connectivity index (χ0n) is 29.9. The van der Waals surface area contributed by atoms with E-state index in [-0.39, 0.29) is 70.9 Å². The fourth-order valence-electron chi connectivity index (χ4n) is 10.5.